The van der Waals surface area contributed by atoms with Crippen molar-refractivity contribution in [2.75, 3.05) is 37.7 Å². The molecule has 3 rings (SSSR count). The van der Waals surface area contributed by atoms with Crippen LogP contribution in [0.1, 0.15) is 5.76 Å². The molecular formula is C18H19N3O6. The Kier molecular flexibility index (Phi) is 5.39. The van der Waals surface area contributed by atoms with Gasteiger partial charge in [0.25, 0.3) is 11.6 Å². The summed E-state index contributed by atoms with van der Waals surface area (Å²) in [6.45, 7) is 3.10. The third kappa shape index (κ3) is 4.08. The van der Waals surface area contributed by atoms with Crippen LogP contribution in [0.15, 0.2) is 45.8 Å². The number of benzene rings is 1. The second kappa shape index (κ2) is 7.90. The molecule has 2 aromatic rings. The summed E-state index contributed by atoms with van der Waals surface area (Å²) in [6, 6.07) is 7.78. The fraction of sp³-hybridized carbons (Fsp3) is 0.333. The van der Waals surface area contributed by atoms with Crippen LogP contribution in [0.2, 0.25) is 0 Å². The molecule has 9 heteroatoms. The van der Waals surface area contributed by atoms with E-state index in [2.05, 4.69) is 0 Å². The van der Waals surface area contributed by atoms with Crippen molar-refractivity contribution in [3.63, 3.8) is 0 Å². The van der Waals surface area contributed by atoms with Crippen molar-refractivity contribution in [3.8, 4) is 5.75 Å². The maximum absolute atomic E-state index is 12.4. The molecule has 142 valence electrons. The summed E-state index contributed by atoms with van der Waals surface area (Å²) in [5, 5.41) is 11.2. The van der Waals surface area contributed by atoms with Gasteiger partial charge < -0.3 is 19.0 Å². The van der Waals surface area contributed by atoms with E-state index < -0.39 is 4.92 Å². The van der Waals surface area contributed by atoms with Gasteiger partial charge in [-0.15, -0.1) is 0 Å². The predicted molar refractivity (Wildman–Crippen MR) is 97.1 cm³/mol. The molecule has 0 spiro atoms. The van der Waals surface area contributed by atoms with E-state index in [1.807, 2.05) is 4.90 Å². The topological polar surface area (TPSA) is 106 Å². The molecule has 27 heavy (non-hydrogen) atoms. The van der Waals surface area contributed by atoms with E-state index in [9.17, 15) is 19.7 Å². The molecule has 0 unspecified atom stereocenters. The van der Waals surface area contributed by atoms with Crippen molar-refractivity contribution in [1.29, 1.82) is 0 Å². The minimum absolute atomic E-state index is 0.0318. The monoisotopic (exact) mass is 373 g/mol. The Balaban J connectivity index is 1.59. The lowest BCUT2D eigenvalue weighted by atomic mass is 10.2. The second-order valence-corrected chi connectivity index (χ2v) is 6.07. The first-order valence-electron chi connectivity index (χ1n) is 8.44. The van der Waals surface area contributed by atoms with Gasteiger partial charge in [-0.25, -0.2) is 0 Å². The van der Waals surface area contributed by atoms with Crippen molar-refractivity contribution in [2.24, 2.45) is 0 Å². The van der Waals surface area contributed by atoms with E-state index >= 15 is 0 Å². The van der Waals surface area contributed by atoms with E-state index in [1.165, 1.54) is 18.4 Å². The normalized spacial score (nSPS) is 14.1. The van der Waals surface area contributed by atoms with Gasteiger partial charge in [0.2, 0.25) is 11.2 Å². The van der Waals surface area contributed by atoms with Gasteiger partial charge in [0.15, 0.2) is 6.61 Å². The zero-order valence-corrected chi connectivity index (χ0v) is 14.8. The quantitative estimate of drug-likeness (QED) is 0.579. The van der Waals surface area contributed by atoms with Crippen LogP contribution < -0.4 is 15.1 Å². The van der Waals surface area contributed by atoms with Crippen molar-refractivity contribution < 1.29 is 18.9 Å². The third-order valence-electron chi connectivity index (χ3n) is 4.40. The number of carbonyl (C=O) groups excluding carboxylic acids is 1. The Morgan fingerprint density at radius 2 is 1.93 bits per heavy atom. The highest BCUT2D eigenvalue weighted by Gasteiger charge is 2.25. The van der Waals surface area contributed by atoms with Gasteiger partial charge in [-0.05, 0) is 13.0 Å². The minimum atomic E-state index is -0.408. The summed E-state index contributed by atoms with van der Waals surface area (Å²) in [5.74, 6) is 0.0979. The first-order chi connectivity index (χ1) is 13.0. The molecule has 0 aliphatic carbocycles. The number of para-hydroxylation sites is 2. The third-order valence-corrected chi connectivity index (χ3v) is 4.40. The Bertz CT molecular complexity index is 902. The molecule has 1 fully saturated rings. The zero-order chi connectivity index (χ0) is 19.4. The average molecular weight is 373 g/mol. The molecule has 1 amide bonds. The largest absolute Gasteiger partial charge is 0.476 e. The highest BCUT2D eigenvalue weighted by molar-refractivity contribution is 5.78. The van der Waals surface area contributed by atoms with E-state index in [4.69, 9.17) is 9.15 Å². The lowest BCUT2D eigenvalue weighted by Gasteiger charge is -2.35. The van der Waals surface area contributed by atoms with Gasteiger partial charge in [0.1, 0.15) is 11.4 Å². The highest BCUT2D eigenvalue weighted by atomic mass is 16.6. The number of aryl methyl sites for hydroxylation is 1. The second-order valence-electron chi connectivity index (χ2n) is 6.07. The van der Waals surface area contributed by atoms with Crippen molar-refractivity contribution >= 4 is 17.3 Å². The van der Waals surface area contributed by atoms with Crippen molar-refractivity contribution in [1.82, 2.24) is 4.90 Å². The highest BCUT2D eigenvalue weighted by Crippen LogP contribution is 2.28. The number of hydrogen-bond donors (Lipinski definition) is 0. The van der Waals surface area contributed by atoms with Crippen LogP contribution in [0.3, 0.4) is 0 Å². The van der Waals surface area contributed by atoms with Crippen LogP contribution in [0.5, 0.6) is 5.75 Å². The summed E-state index contributed by atoms with van der Waals surface area (Å²) >= 11 is 0. The molecule has 1 aromatic carbocycles. The van der Waals surface area contributed by atoms with Crippen LogP contribution >= 0.6 is 0 Å². The van der Waals surface area contributed by atoms with Gasteiger partial charge in [0, 0.05) is 38.3 Å². The Hall–Kier alpha value is -3.36. The lowest BCUT2D eigenvalue weighted by Crippen LogP contribution is -2.50. The summed E-state index contributed by atoms with van der Waals surface area (Å²) in [7, 11) is 0. The number of hydrogen-bond acceptors (Lipinski definition) is 7. The van der Waals surface area contributed by atoms with Gasteiger partial charge in [0.05, 0.1) is 11.2 Å². The molecule has 0 N–H and O–H groups in total. The number of rotatable bonds is 5. The predicted octanol–water partition coefficient (Wildman–Crippen LogP) is 1.58. The summed E-state index contributed by atoms with van der Waals surface area (Å²) in [6.07, 6.45) is 1.27. The fourth-order valence-corrected chi connectivity index (χ4v) is 2.98. The molecule has 1 aliphatic heterocycles. The number of nitro benzene ring substituents is 1. The van der Waals surface area contributed by atoms with Gasteiger partial charge in [-0.2, -0.15) is 0 Å². The number of anilines is 1. The minimum Gasteiger partial charge on any atom is -0.476 e. The molecule has 1 saturated heterocycles. The van der Waals surface area contributed by atoms with E-state index in [0.717, 1.165) is 0 Å². The lowest BCUT2D eigenvalue weighted by molar-refractivity contribution is -0.384. The Morgan fingerprint density at radius 3 is 2.59 bits per heavy atom. The van der Waals surface area contributed by atoms with Crippen molar-refractivity contribution in [2.45, 2.75) is 6.92 Å². The molecule has 2 heterocycles. The van der Waals surface area contributed by atoms with Gasteiger partial charge in [-0.1, -0.05) is 12.1 Å². The van der Waals surface area contributed by atoms with E-state index in [0.29, 0.717) is 37.6 Å². The van der Waals surface area contributed by atoms with Crippen LogP contribution in [-0.2, 0) is 4.79 Å². The molecule has 0 bridgehead atoms. The first kappa shape index (κ1) is 18.4. The number of carbonyl (C=O) groups is 1. The Morgan fingerprint density at radius 1 is 1.22 bits per heavy atom. The first-order valence-corrected chi connectivity index (χ1v) is 8.44. The number of amides is 1. The standard InChI is InChI=1S/C18H19N3O6/c1-13-18(16(22)6-11-26-13)27-12-17(23)20-9-7-19(8-10-20)14-4-2-3-5-15(14)21(24)25/h2-6,11H,7-10,12H2,1H3. The number of nitrogens with zero attached hydrogens (tertiary/aromatic N) is 3. The smallest absolute Gasteiger partial charge is 0.292 e. The fourth-order valence-electron chi connectivity index (χ4n) is 2.98. The number of nitro groups is 1. The van der Waals surface area contributed by atoms with Gasteiger partial charge >= 0.3 is 0 Å². The van der Waals surface area contributed by atoms with Crippen molar-refractivity contribution in [3.05, 3.63) is 62.7 Å². The molecule has 0 radical (unpaired) electrons. The van der Waals surface area contributed by atoms with Crippen LogP contribution in [0.25, 0.3) is 0 Å². The number of ether oxygens (including phenoxy) is 1. The van der Waals surface area contributed by atoms with Crippen LogP contribution in [0, 0.1) is 17.0 Å². The number of piperazine rings is 1. The summed E-state index contributed by atoms with van der Waals surface area (Å²) < 4.78 is 10.4. The average Bonchev–Trinajstić information content (AvgIpc) is 2.67. The van der Waals surface area contributed by atoms with Crippen LogP contribution in [0.4, 0.5) is 11.4 Å². The summed E-state index contributed by atoms with van der Waals surface area (Å²) in [4.78, 5) is 38.4. The maximum atomic E-state index is 12.4. The molecular weight excluding hydrogens is 354 g/mol. The molecule has 0 atom stereocenters. The maximum Gasteiger partial charge on any atom is 0.292 e. The molecule has 1 aliphatic rings. The van der Waals surface area contributed by atoms with Gasteiger partial charge in [-0.3, -0.25) is 19.7 Å². The summed E-state index contributed by atoms with van der Waals surface area (Å²) in [5.41, 5.74) is 0.253. The Labute approximate surface area is 154 Å². The van der Waals surface area contributed by atoms with Crippen LogP contribution in [-0.4, -0.2) is 48.5 Å². The molecule has 9 nitrogen and oxygen atoms in total. The molecule has 0 saturated carbocycles. The zero-order valence-electron chi connectivity index (χ0n) is 14.8. The van der Waals surface area contributed by atoms with E-state index in [1.54, 1.807) is 30.0 Å². The molecule has 1 aromatic heterocycles. The SMILES string of the molecule is Cc1occc(=O)c1OCC(=O)N1CCN(c2ccccc2[N+](=O)[O-])CC1. The van der Waals surface area contributed by atoms with E-state index in [-0.39, 0.29) is 29.4 Å².